The average molecular weight is 469 g/mol. The number of hydrogen-bond acceptors (Lipinski definition) is 6. The van der Waals surface area contributed by atoms with E-state index in [0.29, 0.717) is 23.7 Å². The second-order valence-corrected chi connectivity index (χ2v) is 10.6. The van der Waals surface area contributed by atoms with E-state index in [9.17, 15) is 13.2 Å². The number of rotatable bonds is 5. The van der Waals surface area contributed by atoms with Gasteiger partial charge in [0.2, 0.25) is 15.9 Å². The van der Waals surface area contributed by atoms with E-state index in [0.717, 1.165) is 68.5 Å². The van der Waals surface area contributed by atoms with E-state index in [1.165, 1.54) is 0 Å². The Kier molecular flexibility index (Phi) is 5.69. The Bertz CT molecular complexity index is 1280. The normalized spacial score (nSPS) is 19.2. The minimum Gasteiger partial charge on any atom is -0.356 e. The summed E-state index contributed by atoms with van der Waals surface area (Å²) in [5, 5.41) is 0. The predicted molar refractivity (Wildman–Crippen MR) is 129 cm³/mol. The van der Waals surface area contributed by atoms with Gasteiger partial charge in [-0.3, -0.25) is 9.52 Å². The molecule has 33 heavy (non-hydrogen) atoms. The molecule has 0 saturated carbocycles. The van der Waals surface area contributed by atoms with Crippen LogP contribution < -0.4 is 9.62 Å². The zero-order chi connectivity index (χ0) is 23.0. The number of likely N-dealkylation sites (tertiary alicyclic amines) is 1. The molecule has 9 nitrogen and oxygen atoms in total. The van der Waals surface area contributed by atoms with Gasteiger partial charge in [0.05, 0.1) is 12.2 Å². The van der Waals surface area contributed by atoms with Crippen molar-refractivity contribution in [2.45, 2.75) is 25.7 Å². The maximum absolute atomic E-state index is 12.9. The number of imidazole rings is 1. The van der Waals surface area contributed by atoms with Gasteiger partial charge in [-0.15, -0.1) is 0 Å². The Hall–Kier alpha value is -3.14. The van der Waals surface area contributed by atoms with E-state index in [1.54, 1.807) is 18.2 Å². The van der Waals surface area contributed by atoms with Gasteiger partial charge in [-0.1, -0.05) is 12.1 Å². The van der Waals surface area contributed by atoms with Crippen molar-refractivity contribution in [3.05, 3.63) is 36.4 Å². The summed E-state index contributed by atoms with van der Waals surface area (Å²) in [6.45, 7) is 3.34. The minimum absolute atomic E-state index is 0.0248. The highest BCUT2D eigenvalue weighted by atomic mass is 32.2. The van der Waals surface area contributed by atoms with Gasteiger partial charge in [-0.05, 0) is 49.9 Å². The summed E-state index contributed by atoms with van der Waals surface area (Å²) < 4.78 is 25.6. The third kappa shape index (κ3) is 4.80. The third-order valence-electron chi connectivity index (χ3n) is 6.28. The number of amides is 1. The van der Waals surface area contributed by atoms with Crippen LogP contribution in [0, 0.1) is 5.92 Å². The Morgan fingerprint density at radius 3 is 2.70 bits per heavy atom. The van der Waals surface area contributed by atoms with Crippen LogP contribution in [0.4, 0.5) is 11.5 Å². The summed E-state index contributed by atoms with van der Waals surface area (Å²) in [5.41, 5.74) is 2.64. The van der Waals surface area contributed by atoms with E-state index in [1.807, 2.05) is 23.1 Å². The maximum Gasteiger partial charge on any atom is 0.229 e. The Morgan fingerprint density at radius 1 is 1.09 bits per heavy atom. The number of carbonyl (C=O) groups excluding carboxylic acids is 1. The number of carbonyl (C=O) groups is 1. The molecular formula is C23H28N6O3S. The fourth-order valence-electron chi connectivity index (χ4n) is 4.72. The van der Waals surface area contributed by atoms with E-state index in [4.69, 9.17) is 4.98 Å². The van der Waals surface area contributed by atoms with E-state index < -0.39 is 10.0 Å². The van der Waals surface area contributed by atoms with Crippen LogP contribution in [0.15, 0.2) is 36.4 Å². The van der Waals surface area contributed by atoms with Crippen molar-refractivity contribution in [1.29, 1.82) is 0 Å². The van der Waals surface area contributed by atoms with Crippen LogP contribution in [0.3, 0.4) is 0 Å². The molecule has 0 bridgehead atoms. The molecule has 1 aromatic carbocycles. The smallest absolute Gasteiger partial charge is 0.229 e. The van der Waals surface area contributed by atoms with Crippen LogP contribution in [0.25, 0.3) is 22.6 Å². The number of nitrogens with one attached hydrogen (secondary N) is 2. The van der Waals surface area contributed by atoms with Crippen LogP contribution in [0.5, 0.6) is 0 Å². The van der Waals surface area contributed by atoms with Crippen molar-refractivity contribution >= 4 is 38.6 Å². The number of benzene rings is 1. The van der Waals surface area contributed by atoms with Gasteiger partial charge in [-0.25, -0.2) is 18.4 Å². The molecule has 10 heteroatoms. The average Bonchev–Trinajstić information content (AvgIpc) is 3.47. The lowest BCUT2D eigenvalue weighted by Crippen LogP contribution is -2.44. The van der Waals surface area contributed by atoms with Crippen molar-refractivity contribution in [3.63, 3.8) is 0 Å². The Morgan fingerprint density at radius 2 is 1.91 bits per heavy atom. The van der Waals surface area contributed by atoms with Gasteiger partial charge in [0.25, 0.3) is 0 Å². The molecule has 0 radical (unpaired) electrons. The number of hydrogen-bond donors (Lipinski definition) is 2. The van der Waals surface area contributed by atoms with Crippen molar-refractivity contribution in [2.75, 3.05) is 42.1 Å². The van der Waals surface area contributed by atoms with E-state index in [-0.39, 0.29) is 11.8 Å². The second-order valence-electron chi connectivity index (χ2n) is 8.90. The largest absolute Gasteiger partial charge is 0.356 e. The summed E-state index contributed by atoms with van der Waals surface area (Å²) >= 11 is 0. The zero-order valence-corrected chi connectivity index (χ0v) is 19.4. The Labute approximate surface area is 193 Å². The first kappa shape index (κ1) is 21.7. The van der Waals surface area contributed by atoms with Crippen LogP contribution in [-0.2, 0) is 14.8 Å². The molecule has 1 atom stereocenters. The molecule has 2 aromatic heterocycles. The highest BCUT2D eigenvalue weighted by molar-refractivity contribution is 7.92. The fraction of sp³-hybridized carbons (Fsp3) is 0.435. The summed E-state index contributed by atoms with van der Waals surface area (Å²) in [5.74, 6) is 1.76. The lowest BCUT2D eigenvalue weighted by molar-refractivity contribution is -0.134. The molecule has 2 aliphatic rings. The molecule has 174 valence electrons. The first-order valence-electron chi connectivity index (χ1n) is 11.3. The number of anilines is 2. The lowest BCUT2D eigenvalue weighted by atomic mass is 9.96. The number of piperidine rings is 1. The molecule has 2 saturated heterocycles. The van der Waals surface area contributed by atoms with Crippen LogP contribution in [-0.4, -0.2) is 66.6 Å². The van der Waals surface area contributed by atoms with Crippen molar-refractivity contribution < 1.29 is 13.2 Å². The summed E-state index contributed by atoms with van der Waals surface area (Å²) in [7, 11) is -3.36. The fourth-order valence-corrected chi connectivity index (χ4v) is 5.28. The molecule has 0 spiro atoms. The molecule has 3 aromatic rings. The molecule has 0 aliphatic carbocycles. The number of nitrogens with zero attached hydrogens (tertiary/aromatic N) is 4. The van der Waals surface area contributed by atoms with Crippen molar-refractivity contribution in [1.82, 2.24) is 19.9 Å². The highest BCUT2D eigenvalue weighted by Crippen LogP contribution is 2.27. The van der Waals surface area contributed by atoms with Crippen molar-refractivity contribution in [3.8, 4) is 11.4 Å². The molecule has 4 heterocycles. The quantitative estimate of drug-likeness (QED) is 0.596. The summed E-state index contributed by atoms with van der Waals surface area (Å²) in [4.78, 5) is 29.8. The molecule has 2 aliphatic heterocycles. The van der Waals surface area contributed by atoms with Crippen LogP contribution >= 0.6 is 0 Å². The van der Waals surface area contributed by atoms with Gasteiger partial charge in [0.15, 0.2) is 5.65 Å². The number of aromatic amines is 1. The number of sulfonamides is 1. The monoisotopic (exact) mass is 468 g/mol. The first-order valence-corrected chi connectivity index (χ1v) is 13.2. The SMILES string of the molecule is CS(=O)(=O)Nc1cccc(-c2nc3ccc(N4CCCC(C(=O)N5CCCC5)C4)nc3[nH]2)c1. The summed E-state index contributed by atoms with van der Waals surface area (Å²) in [6.07, 6.45) is 5.24. The van der Waals surface area contributed by atoms with Gasteiger partial charge < -0.3 is 14.8 Å². The molecule has 1 amide bonds. The topological polar surface area (TPSA) is 111 Å². The number of pyridine rings is 1. The maximum atomic E-state index is 12.9. The highest BCUT2D eigenvalue weighted by Gasteiger charge is 2.31. The molecule has 2 fully saturated rings. The minimum atomic E-state index is -3.36. The lowest BCUT2D eigenvalue weighted by Gasteiger charge is -2.34. The number of H-pyrrole nitrogens is 1. The van der Waals surface area contributed by atoms with Gasteiger partial charge in [-0.2, -0.15) is 0 Å². The number of aromatic nitrogens is 3. The number of fused-ring (bicyclic) bond motifs is 1. The first-order chi connectivity index (χ1) is 15.9. The standard InChI is InChI=1S/C23H28N6O3S/c1-33(31,32)27-18-8-4-6-16(14-18)21-24-19-9-10-20(25-22(19)26-21)29-13-5-7-17(15-29)23(30)28-11-2-3-12-28/h4,6,8-10,14,17,27H,2-3,5,7,11-13,15H2,1H3,(H,24,25,26). The second kappa shape index (κ2) is 8.66. The van der Waals surface area contributed by atoms with Gasteiger partial charge in [0, 0.05) is 37.4 Å². The molecule has 2 N–H and O–H groups in total. The molecule has 5 rings (SSSR count). The molecule has 1 unspecified atom stereocenters. The zero-order valence-electron chi connectivity index (χ0n) is 18.6. The van der Waals surface area contributed by atoms with Gasteiger partial charge in [0.1, 0.15) is 17.2 Å². The Balaban J connectivity index is 1.36. The van der Waals surface area contributed by atoms with Crippen molar-refractivity contribution in [2.24, 2.45) is 5.92 Å². The van der Waals surface area contributed by atoms with E-state index >= 15 is 0 Å². The van der Waals surface area contributed by atoms with Crippen LogP contribution in [0.1, 0.15) is 25.7 Å². The predicted octanol–water partition coefficient (Wildman–Crippen LogP) is 2.84. The summed E-state index contributed by atoms with van der Waals surface area (Å²) in [6, 6.07) is 11.0. The van der Waals surface area contributed by atoms with Gasteiger partial charge >= 0.3 is 0 Å². The van der Waals surface area contributed by atoms with E-state index in [2.05, 4.69) is 19.6 Å². The third-order valence-corrected chi connectivity index (χ3v) is 6.89. The molecular weight excluding hydrogens is 440 g/mol. The van der Waals surface area contributed by atoms with Crippen LogP contribution in [0.2, 0.25) is 0 Å².